The van der Waals surface area contributed by atoms with Crippen LogP contribution in [0.2, 0.25) is 0 Å². The predicted molar refractivity (Wildman–Crippen MR) is 112 cm³/mol. The first kappa shape index (κ1) is 19.7. The van der Waals surface area contributed by atoms with E-state index >= 15 is 0 Å². The first-order chi connectivity index (χ1) is 14.1. The van der Waals surface area contributed by atoms with Gasteiger partial charge in [-0.15, -0.1) is 0 Å². The highest BCUT2D eigenvalue weighted by Crippen LogP contribution is 2.23. The van der Waals surface area contributed by atoms with Gasteiger partial charge >= 0.3 is 0 Å². The molecule has 4 rings (SSSR count). The van der Waals surface area contributed by atoms with Gasteiger partial charge in [0.05, 0.1) is 5.56 Å². The van der Waals surface area contributed by atoms with Crippen LogP contribution < -0.4 is 5.32 Å². The van der Waals surface area contributed by atoms with Crippen molar-refractivity contribution < 1.29 is 14.4 Å². The van der Waals surface area contributed by atoms with E-state index in [0.29, 0.717) is 5.56 Å². The number of carbonyl (C=O) groups is 3. The second-order valence-corrected chi connectivity index (χ2v) is 8.27. The molecule has 1 aromatic heterocycles. The summed E-state index contributed by atoms with van der Waals surface area (Å²) in [6.07, 6.45) is 10.2. The molecule has 1 aliphatic carbocycles. The van der Waals surface area contributed by atoms with E-state index < -0.39 is 11.7 Å². The lowest BCUT2D eigenvalue weighted by Gasteiger charge is -2.20. The highest BCUT2D eigenvalue weighted by molar-refractivity contribution is 6.45. The SMILES string of the molecule is O=C(NC1CCCC1)C(=O)c1cn(CC(=O)N2CCCCCC2)c2ccccc12. The highest BCUT2D eigenvalue weighted by Gasteiger charge is 2.26. The molecule has 6 heteroatoms. The smallest absolute Gasteiger partial charge is 0.292 e. The fourth-order valence-corrected chi connectivity index (χ4v) is 4.57. The molecule has 6 nitrogen and oxygen atoms in total. The number of fused-ring (bicyclic) bond motifs is 1. The van der Waals surface area contributed by atoms with Gasteiger partial charge in [-0.2, -0.15) is 0 Å². The lowest BCUT2D eigenvalue weighted by atomic mass is 10.1. The Morgan fingerprint density at radius 2 is 1.62 bits per heavy atom. The average Bonchev–Trinajstić information content (AvgIpc) is 3.27. The fourth-order valence-electron chi connectivity index (χ4n) is 4.57. The maximum absolute atomic E-state index is 12.9. The van der Waals surface area contributed by atoms with Crippen molar-refractivity contribution in [3.05, 3.63) is 36.0 Å². The van der Waals surface area contributed by atoms with Gasteiger partial charge in [0.1, 0.15) is 6.54 Å². The van der Waals surface area contributed by atoms with Crippen LogP contribution in [0.1, 0.15) is 61.7 Å². The first-order valence-electron chi connectivity index (χ1n) is 10.8. The van der Waals surface area contributed by atoms with Crippen molar-refractivity contribution in [2.75, 3.05) is 13.1 Å². The van der Waals surface area contributed by atoms with E-state index in [9.17, 15) is 14.4 Å². The normalized spacial score (nSPS) is 18.0. The predicted octanol–water partition coefficient (Wildman–Crippen LogP) is 3.29. The van der Waals surface area contributed by atoms with Gasteiger partial charge in [0.25, 0.3) is 11.7 Å². The molecule has 2 heterocycles. The third kappa shape index (κ3) is 4.36. The lowest BCUT2D eigenvalue weighted by molar-refractivity contribution is -0.131. The van der Waals surface area contributed by atoms with Gasteiger partial charge in [0.15, 0.2) is 0 Å². The lowest BCUT2D eigenvalue weighted by Crippen LogP contribution is -2.37. The number of carbonyl (C=O) groups excluding carboxylic acids is 3. The number of benzene rings is 1. The number of para-hydroxylation sites is 1. The average molecular weight is 396 g/mol. The number of Topliss-reactive ketones (excluding diaryl/α,β-unsaturated/α-hetero) is 1. The Balaban J connectivity index is 1.55. The summed E-state index contributed by atoms with van der Waals surface area (Å²) < 4.78 is 1.82. The minimum atomic E-state index is -0.543. The van der Waals surface area contributed by atoms with E-state index in [0.717, 1.165) is 62.5 Å². The standard InChI is InChI=1S/C23H29N3O3/c27-21(25-13-7-1-2-8-14-25)16-26-15-19(18-11-5-6-12-20(18)26)22(28)23(29)24-17-9-3-4-10-17/h5-6,11-12,15,17H,1-4,7-10,13-14,16H2,(H,24,29). The van der Waals surface area contributed by atoms with Crippen LogP contribution in [-0.4, -0.2) is 46.2 Å². The Morgan fingerprint density at radius 1 is 0.931 bits per heavy atom. The largest absolute Gasteiger partial charge is 0.346 e. The third-order valence-electron chi connectivity index (χ3n) is 6.19. The van der Waals surface area contributed by atoms with Crippen molar-refractivity contribution >= 4 is 28.5 Å². The van der Waals surface area contributed by atoms with Crippen LogP contribution in [0.25, 0.3) is 10.9 Å². The fraction of sp³-hybridized carbons (Fsp3) is 0.522. The molecule has 0 unspecified atom stereocenters. The number of ketones is 1. The molecule has 0 radical (unpaired) electrons. The number of amides is 2. The summed E-state index contributed by atoms with van der Waals surface area (Å²) in [6.45, 7) is 1.79. The molecule has 1 N–H and O–H groups in total. The van der Waals surface area contributed by atoms with Crippen molar-refractivity contribution in [2.24, 2.45) is 0 Å². The highest BCUT2D eigenvalue weighted by atomic mass is 16.2. The van der Waals surface area contributed by atoms with Gasteiger partial charge in [-0.3, -0.25) is 14.4 Å². The molecular formula is C23H29N3O3. The van der Waals surface area contributed by atoms with Gasteiger partial charge in [-0.1, -0.05) is 43.9 Å². The first-order valence-corrected chi connectivity index (χ1v) is 10.8. The molecule has 1 aliphatic heterocycles. The summed E-state index contributed by atoms with van der Waals surface area (Å²) in [5.41, 5.74) is 1.19. The molecule has 154 valence electrons. The summed E-state index contributed by atoms with van der Waals surface area (Å²) in [4.78, 5) is 40.2. The molecule has 1 aromatic carbocycles. The van der Waals surface area contributed by atoms with Crippen LogP contribution in [0.3, 0.4) is 0 Å². The number of rotatable bonds is 5. The second-order valence-electron chi connectivity index (χ2n) is 8.27. The molecule has 1 saturated carbocycles. The minimum Gasteiger partial charge on any atom is -0.346 e. The quantitative estimate of drug-likeness (QED) is 0.624. The summed E-state index contributed by atoms with van der Waals surface area (Å²) in [7, 11) is 0. The summed E-state index contributed by atoms with van der Waals surface area (Å²) >= 11 is 0. The van der Waals surface area contributed by atoms with Crippen molar-refractivity contribution in [3.63, 3.8) is 0 Å². The van der Waals surface area contributed by atoms with Crippen LogP contribution in [0.15, 0.2) is 30.5 Å². The number of nitrogens with zero attached hydrogens (tertiary/aromatic N) is 2. The van der Waals surface area contributed by atoms with Gasteiger partial charge < -0.3 is 14.8 Å². The molecule has 2 amide bonds. The van der Waals surface area contributed by atoms with Gasteiger partial charge in [0, 0.05) is 36.2 Å². The zero-order chi connectivity index (χ0) is 20.2. The molecule has 0 atom stereocenters. The number of aromatic nitrogens is 1. The Kier molecular flexibility index (Phi) is 5.97. The summed E-state index contributed by atoms with van der Waals surface area (Å²) in [5, 5.41) is 3.60. The Morgan fingerprint density at radius 3 is 2.34 bits per heavy atom. The molecule has 0 bridgehead atoms. The minimum absolute atomic E-state index is 0.0714. The molecule has 2 aliphatic rings. The van der Waals surface area contributed by atoms with Crippen LogP contribution in [0, 0.1) is 0 Å². The topological polar surface area (TPSA) is 71.4 Å². The Hall–Kier alpha value is -2.63. The van der Waals surface area contributed by atoms with Crippen LogP contribution in [-0.2, 0) is 16.1 Å². The molecule has 2 fully saturated rings. The van der Waals surface area contributed by atoms with Gasteiger partial charge in [-0.25, -0.2) is 0 Å². The van der Waals surface area contributed by atoms with Crippen molar-refractivity contribution in [1.29, 1.82) is 0 Å². The van der Waals surface area contributed by atoms with E-state index in [1.54, 1.807) is 6.20 Å². The van der Waals surface area contributed by atoms with Crippen LogP contribution in [0.5, 0.6) is 0 Å². The van der Waals surface area contributed by atoms with Crippen molar-refractivity contribution in [2.45, 2.75) is 64.0 Å². The summed E-state index contributed by atoms with van der Waals surface area (Å²) in [6, 6.07) is 7.59. The number of hydrogen-bond acceptors (Lipinski definition) is 3. The molecule has 29 heavy (non-hydrogen) atoms. The second kappa shape index (κ2) is 8.80. The third-order valence-corrected chi connectivity index (χ3v) is 6.19. The molecular weight excluding hydrogens is 366 g/mol. The Labute approximate surface area is 171 Å². The van der Waals surface area contributed by atoms with Gasteiger partial charge in [0.2, 0.25) is 5.91 Å². The monoisotopic (exact) mass is 395 g/mol. The maximum Gasteiger partial charge on any atom is 0.292 e. The number of hydrogen-bond donors (Lipinski definition) is 1. The molecule has 2 aromatic rings. The van der Waals surface area contributed by atoms with E-state index in [1.165, 1.54) is 12.8 Å². The Bertz CT molecular complexity index is 903. The zero-order valence-electron chi connectivity index (χ0n) is 16.9. The summed E-state index contributed by atoms with van der Waals surface area (Å²) in [5.74, 6) is -0.991. The van der Waals surface area contributed by atoms with Crippen molar-refractivity contribution in [3.8, 4) is 0 Å². The number of likely N-dealkylation sites (tertiary alicyclic amines) is 1. The van der Waals surface area contributed by atoms with Crippen molar-refractivity contribution in [1.82, 2.24) is 14.8 Å². The molecule has 1 saturated heterocycles. The van der Waals surface area contributed by atoms with E-state index in [-0.39, 0.29) is 18.5 Å². The van der Waals surface area contributed by atoms with E-state index in [2.05, 4.69) is 5.32 Å². The van der Waals surface area contributed by atoms with Crippen LogP contribution in [0.4, 0.5) is 0 Å². The maximum atomic E-state index is 12.9. The van der Waals surface area contributed by atoms with Gasteiger partial charge in [-0.05, 0) is 31.7 Å². The van der Waals surface area contributed by atoms with Crippen LogP contribution >= 0.6 is 0 Å². The molecule has 0 spiro atoms. The number of nitrogens with one attached hydrogen (secondary N) is 1. The zero-order valence-corrected chi connectivity index (χ0v) is 16.9. The van der Waals surface area contributed by atoms with E-state index in [4.69, 9.17) is 0 Å². The van der Waals surface area contributed by atoms with E-state index in [1.807, 2.05) is 33.7 Å².